The van der Waals surface area contributed by atoms with Gasteiger partial charge in [-0.15, -0.1) is 0 Å². The SMILES string of the molecule is CCC1(C(=O)O)CCN(C(=O)c2c(C)oc(C)c2C)C1. The van der Waals surface area contributed by atoms with Gasteiger partial charge in [-0.3, -0.25) is 9.59 Å². The zero-order valence-electron chi connectivity index (χ0n) is 12.4. The number of hydrogen-bond donors (Lipinski definition) is 1. The van der Waals surface area contributed by atoms with Gasteiger partial charge in [-0.05, 0) is 33.6 Å². The molecule has 0 aliphatic carbocycles. The van der Waals surface area contributed by atoms with Crippen LogP contribution in [0.1, 0.15) is 47.2 Å². The van der Waals surface area contributed by atoms with Crippen molar-refractivity contribution in [3.63, 3.8) is 0 Å². The minimum absolute atomic E-state index is 0.117. The molecule has 0 saturated carbocycles. The maximum absolute atomic E-state index is 12.6. The number of aryl methyl sites for hydroxylation is 2. The average molecular weight is 279 g/mol. The quantitative estimate of drug-likeness (QED) is 0.923. The Morgan fingerprint density at radius 3 is 2.35 bits per heavy atom. The molecule has 110 valence electrons. The Labute approximate surface area is 118 Å². The molecule has 1 aliphatic rings. The second kappa shape index (κ2) is 4.96. The third kappa shape index (κ3) is 2.11. The summed E-state index contributed by atoms with van der Waals surface area (Å²) in [4.78, 5) is 25.7. The number of carboxylic acid groups (broad SMARTS) is 1. The normalized spacial score (nSPS) is 22.3. The predicted octanol–water partition coefficient (Wildman–Crippen LogP) is 2.53. The first kappa shape index (κ1) is 14.6. The molecule has 1 aromatic rings. The summed E-state index contributed by atoms with van der Waals surface area (Å²) in [5.74, 6) is 0.417. The first-order valence-corrected chi connectivity index (χ1v) is 6.91. The van der Waals surface area contributed by atoms with Crippen molar-refractivity contribution in [3.8, 4) is 0 Å². The number of furan rings is 1. The van der Waals surface area contributed by atoms with E-state index in [0.717, 1.165) is 11.3 Å². The molecule has 1 fully saturated rings. The van der Waals surface area contributed by atoms with E-state index in [0.29, 0.717) is 30.7 Å². The average Bonchev–Trinajstić information content (AvgIpc) is 2.93. The summed E-state index contributed by atoms with van der Waals surface area (Å²) in [6.45, 7) is 8.09. The van der Waals surface area contributed by atoms with Crippen molar-refractivity contribution in [2.24, 2.45) is 5.41 Å². The summed E-state index contributed by atoms with van der Waals surface area (Å²) in [6, 6.07) is 0. The summed E-state index contributed by atoms with van der Waals surface area (Å²) in [7, 11) is 0. The molecule has 5 nitrogen and oxygen atoms in total. The van der Waals surface area contributed by atoms with Crippen molar-refractivity contribution in [3.05, 3.63) is 22.6 Å². The van der Waals surface area contributed by atoms with Gasteiger partial charge in [-0.1, -0.05) is 6.92 Å². The van der Waals surface area contributed by atoms with Gasteiger partial charge in [0.1, 0.15) is 11.5 Å². The number of aliphatic carboxylic acids is 1. The summed E-state index contributed by atoms with van der Waals surface area (Å²) in [6.07, 6.45) is 1.05. The van der Waals surface area contributed by atoms with E-state index in [-0.39, 0.29) is 12.5 Å². The molecule has 1 aromatic heterocycles. The molecule has 0 bridgehead atoms. The highest BCUT2D eigenvalue weighted by molar-refractivity contribution is 5.97. The van der Waals surface area contributed by atoms with Crippen LogP contribution in [0.4, 0.5) is 0 Å². The van der Waals surface area contributed by atoms with Crippen molar-refractivity contribution in [1.82, 2.24) is 4.90 Å². The molecule has 1 N–H and O–H groups in total. The maximum atomic E-state index is 12.6. The second-order valence-electron chi connectivity index (χ2n) is 5.63. The van der Waals surface area contributed by atoms with Gasteiger partial charge in [0.25, 0.3) is 5.91 Å². The molecule has 2 heterocycles. The summed E-state index contributed by atoms with van der Waals surface area (Å²) < 4.78 is 5.49. The zero-order valence-corrected chi connectivity index (χ0v) is 12.4. The van der Waals surface area contributed by atoms with Gasteiger partial charge in [0.2, 0.25) is 0 Å². The Balaban J connectivity index is 2.26. The highest BCUT2D eigenvalue weighted by Crippen LogP contribution is 2.35. The van der Waals surface area contributed by atoms with E-state index in [1.165, 1.54) is 0 Å². The van der Waals surface area contributed by atoms with E-state index < -0.39 is 11.4 Å². The number of rotatable bonds is 3. The fraction of sp³-hybridized carbons (Fsp3) is 0.600. The van der Waals surface area contributed by atoms with Gasteiger partial charge in [0.05, 0.1) is 11.0 Å². The largest absolute Gasteiger partial charge is 0.481 e. The smallest absolute Gasteiger partial charge is 0.311 e. The van der Waals surface area contributed by atoms with E-state index in [1.54, 1.807) is 11.8 Å². The Morgan fingerprint density at radius 1 is 1.30 bits per heavy atom. The number of nitrogens with zero attached hydrogens (tertiary/aromatic N) is 1. The van der Waals surface area contributed by atoms with Crippen molar-refractivity contribution >= 4 is 11.9 Å². The Kier molecular flexibility index (Phi) is 3.63. The summed E-state index contributed by atoms with van der Waals surface area (Å²) in [5, 5.41) is 9.39. The first-order valence-electron chi connectivity index (χ1n) is 6.91. The third-order valence-corrected chi connectivity index (χ3v) is 4.55. The van der Waals surface area contributed by atoms with Crippen molar-refractivity contribution < 1.29 is 19.1 Å². The molecular formula is C15H21NO4. The minimum Gasteiger partial charge on any atom is -0.481 e. The van der Waals surface area contributed by atoms with Crippen LogP contribution >= 0.6 is 0 Å². The molecule has 1 aliphatic heterocycles. The molecule has 0 radical (unpaired) electrons. The fourth-order valence-electron chi connectivity index (χ4n) is 2.93. The summed E-state index contributed by atoms with van der Waals surface area (Å²) in [5.41, 5.74) is 0.632. The van der Waals surface area contributed by atoms with E-state index in [2.05, 4.69) is 0 Å². The lowest BCUT2D eigenvalue weighted by atomic mass is 9.84. The van der Waals surface area contributed by atoms with E-state index >= 15 is 0 Å². The molecule has 1 saturated heterocycles. The van der Waals surface area contributed by atoms with Crippen molar-refractivity contribution in [2.75, 3.05) is 13.1 Å². The van der Waals surface area contributed by atoms with Gasteiger partial charge >= 0.3 is 5.97 Å². The first-order chi connectivity index (χ1) is 9.32. The lowest BCUT2D eigenvalue weighted by Gasteiger charge is -2.23. The highest BCUT2D eigenvalue weighted by Gasteiger charge is 2.45. The van der Waals surface area contributed by atoms with E-state index in [9.17, 15) is 14.7 Å². The second-order valence-corrected chi connectivity index (χ2v) is 5.63. The molecule has 0 aromatic carbocycles. The number of carboxylic acids is 1. The van der Waals surface area contributed by atoms with Crippen LogP contribution in [0.25, 0.3) is 0 Å². The van der Waals surface area contributed by atoms with Crippen LogP contribution in [-0.4, -0.2) is 35.0 Å². The summed E-state index contributed by atoms with van der Waals surface area (Å²) >= 11 is 0. The van der Waals surface area contributed by atoms with Crippen molar-refractivity contribution in [2.45, 2.75) is 40.5 Å². The lowest BCUT2D eigenvalue weighted by Crippen LogP contribution is -2.36. The Morgan fingerprint density at radius 2 is 1.95 bits per heavy atom. The van der Waals surface area contributed by atoms with Crippen LogP contribution in [-0.2, 0) is 4.79 Å². The molecule has 1 unspecified atom stereocenters. The lowest BCUT2D eigenvalue weighted by molar-refractivity contribution is -0.148. The monoisotopic (exact) mass is 279 g/mol. The molecule has 5 heteroatoms. The van der Waals surface area contributed by atoms with Crippen LogP contribution in [0, 0.1) is 26.2 Å². The number of hydrogen-bond acceptors (Lipinski definition) is 3. The Hall–Kier alpha value is -1.78. The van der Waals surface area contributed by atoms with Gasteiger partial charge in [-0.2, -0.15) is 0 Å². The highest BCUT2D eigenvalue weighted by atomic mass is 16.4. The fourth-order valence-corrected chi connectivity index (χ4v) is 2.93. The Bertz CT molecular complexity index is 560. The van der Waals surface area contributed by atoms with Crippen LogP contribution in [0.2, 0.25) is 0 Å². The van der Waals surface area contributed by atoms with Crippen LogP contribution in [0.5, 0.6) is 0 Å². The topological polar surface area (TPSA) is 70.8 Å². The van der Waals surface area contributed by atoms with Crippen LogP contribution in [0.3, 0.4) is 0 Å². The molecule has 1 atom stereocenters. The molecule has 0 spiro atoms. The van der Waals surface area contributed by atoms with Gasteiger partial charge in [0.15, 0.2) is 0 Å². The van der Waals surface area contributed by atoms with E-state index in [4.69, 9.17) is 4.42 Å². The number of carbonyl (C=O) groups is 2. The van der Waals surface area contributed by atoms with Gasteiger partial charge in [-0.25, -0.2) is 0 Å². The number of amides is 1. The predicted molar refractivity (Wildman–Crippen MR) is 73.8 cm³/mol. The number of carbonyl (C=O) groups excluding carboxylic acids is 1. The zero-order chi connectivity index (χ0) is 15.1. The molecule has 2 rings (SSSR count). The molecule has 20 heavy (non-hydrogen) atoms. The van der Waals surface area contributed by atoms with Gasteiger partial charge < -0.3 is 14.4 Å². The van der Waals surface area contributed by atoms with Crippen LogP contribution < -0.4 is 0 Å². The van der Waals surface area contributed by atoms with E-state index in [1.807, 2.05) is 20.8 Å². The number of likely N-dealkylation sites (tertiary alicyclic amines) is 1. The maximum Gasteiger partial charge on any atom is 0.311 e. The third-order valence-electron chi connectivity index (χ3n) is 4.55. The van der Waals surface area contributed by atoms with Crippen molar-refractivity contribution in [1.29, 1.82) is 0 Å². The minimum atomic E-state index is -0.813. The molecular weight excluding hydrogens is 258 g/mol. The standard InChI is InChI=1S/C15H21NO4/c1-5-15(14(18)19)6-7-16(8-15)13(17)12-9(2)10(3)20-11(12)4/h5-8H2,1-4H3,(H,18,19). The van der Waals surface area contributed by atoms with Crippen LogP contribution in [0.15, 0.2) is 4.42 Å². The molecule has 1 amide bonds. The van der Waals surface area contributed by atoms with Gasteiger partial charge in [0, 0.05) is 18.7 Å².